The van der Waals surface area contributed by atoms with Crippen LogP contribution in [0.3, 0.4) is 0 Å². The van der Waals surface area contributed by atoms with Gasteiger partial charge in [-0.1, -0.05) is 42.3 Å². The molecule has 0 heterocycles. The van der Waals surface area contributed by atoms with E-state index < -0.39 is 18.7 Å². The van der Waals surface area contributed by atoms with Crippen molar-refractivity contribution in [3.05, 3.63) is 64.7 Å². The van der Waals surface area contributed by atoms with Crippen LogP contribution in [0.15, 0.2) is 48.5 Å². The van der Waals surface area contributed by atoms with Crippen molar-refractivity contribution >= 4 is 17.6 Å². The number of carbonyl (C=O) groups excluding carboxylic acids is 1. The Bertz CT molecular complexity index is 804. The Morgan fingerprint density at radius 3 is 2.79 bits per heavy atom. The van der Waals surface area contributed by atoms with E-state index in [1.807, 2.05) is 24.3 Å². The van der Waals surface area contributed by atoms with Crippen LogP contribution in [0.1, 0.15) is 48.8 Å². The molecule has 0 spiro atoms. The van der Waals surface area contributed by atoms with Gasteiger partial charge < -0.3 is 25.1 Å². The number of carboxylic acid groups (broad SMARTS) is 1. The van der Waals surface area contributed by atoms with E-state index in [-0.39, 0.29) is 29.6 Å². The number of carboxylic acids is 1. The fraction of sp³-hybridized carbons (Fsp3) is 0.409. The van der Waals surface area contributed by atoms with E-state index in [1.54, 1.807) is 18.2 Å². The number of ether oxygens (including phenoxy) is 1. The van der Waals surface area contributed by atoms with Gasteiger partial charge in [0.25, 0.3) is 0 Å². The summed E-state index contributed by atoms with van der Waals surface area (Å²) in [6.45, 7) is 0.0339. The molecule has 2 unspecified atom stereocenters. The van der Waals surface area contributed by atoms with E-state index in [1.165, 1.54) is 0 Å². The summed E-state index contributed by atoms with van der Waals surface area (Å²) in [4.78, 5) is 10.6. The van der Waals surface area contributed by atoms with E-state index >= 15 is 0 Å². The molecule has 2 N–H and O–H groups in total. The Kier molecular flexibility index (Phi) is 9.96. The average molecular weight is 426 g/mol. The largest absolute Gasteiger partial charge is 1.00 e. The number of benzene rings is 2. The SMILES string of the molecule is O=C([O-])COc1cccc(C2CCCC(NC[C@H](O)c3cccc(Cl)c3)C2)c1.[Na+]. The molecule has 2 aromatic carbocycles. The van der Waals surface area contributed by atoms with Crippen LogP contribution in [0, 0.1) is 0 Å². The smallest absolute Gasteiger partial charge is 0.546 e. The molecule has 1 fully saturated rings. The third kappa shape index (κ3) is 7.59. The molecule has 0 amide bonds. The molecule has 0 radical (unpaired) electrons. The number of halogens is 1. The zero-order valence-electron chi connectivity index (χ0n) is 16.6. The summed E-state index contributed by atoms with van der Waals surface area (Å²) in [5.74, 6) is -0.306. The van der Waals surface area contributed by atoms with Crippen LogP contribution in [0.5, 0.6) is 5.75 Å². The van der Waals surface area contributed by atoms with Crippen LogP contribution in [0.25, 0.3) is 0 Å². The first-order valence-electron chi connectivity index (χ1n) is 9.61. The monoisotopic (exact) mass is 425 g/mol. The van der Waals surface area contributed by atoms with E-state index in [2.05, 4.69) is 11.4 Å². The number of aliphatic hydroxyl groups excluding tert-OH is 1. The molecular weight excluding hydrogens is 401 g/mol. The molecular formula is C22H25ClNNaO4. The minimum absolute atomic E-state index is 0. The Labute approximate surface area is 198 Å². The van der Waals surface area contributed by atoms with E-state index in [4.69, 9.17) is 16.3 Å². The number of nitrogens with one attached hydrogen (secondary N) is 1. The van der Waals surface area contributed by atoms with Gasteiger partial charge >= 0.3 is 29.6 Å². The molecule has 29 heavy (non-hydrogen) atoms. The van der Waals surface area contributed by atoms with Gasteiger partial charge in [0, 0.05) is 17.6 Å². The molecule has 3 rings (SSSR count). The van der Waals surface area contributed by atoms with Crippen molar-refractivity contribution in [2.45, 2.75) is 43.7 Å². The van der Waals surface area contributed by atoms with E-state index in [0.717, 1.165) is 36.8 Å². The third-order valence-corrected chi connectivity index (χ3v) is 5.43. The Balaban J connectivity index is 0.00000300. The number of carbonyl (C=O) groups is 1. The minimum atomic E-state index is -1.23. The zero-order chi connectivity index (χ0) is 19.9. The number of hydrogen-bond donors (Lipinski definition) is 2. The minimum Gasteiger partial charge on any atom is -0.546 e. The molecule has 3 atom stereocenters. The second kappa shape index (κ2) is 11.9. The molecule has 2 aromatic rings. The van der Waals surface area contributed by atoms with E-state index in [0.29, 0.717) is 29.3 Å². The second-order valence-electron chi connectivity index (χ2n) is 7.27. The van der Waals surface area contributed by atoms with Crippen LogP contribution in [0.4, 0.5) is 0 Å². The Morgan fingerprint density at radius 2 is 2.03 bits per heavy atom. The standard InChI is InChI=1S/C22H26ClNO4.Na/c23-18-7-1-6-17(10-18)21(25)13-24-19-8-2-4-15(11-19)16-5-3-9-20(12-16)28-14-22(26)27;/h1,3,5-7,9-10,12,15,19,21,24-25H,2,4,8,11,13-14H2,(H,26,27);/q;+1/p-1/t15?,19?,21-;/m0./s1. The fourth-order valence-corrected chi connectivity index (χ4v) is 3.99. The van der Waals surface area contributed by atoms with Crippen LogP contribution in [-0.4, -0.2) is 30.3 Å². The van der Waals surface area contributed by atoms with Crippen molar-refractivity contribution in [3.63, 3.8) is 0 Å². The van der Waals surface area contributed by atoms with Crippen molar-refractivity contribution in [2.24, 2.45) is 0 Å². The van der Waals surface area contributed by atoms with Gasteiger partial charge in [-0.25, -0.2) is 0 Å². The van der Waals surface area contributed by atoms with Crippen molar-refractivity contribution in [3.8, 4) is 5.75 Å². The van der Waals surface area contributed by atoms with Gasteiger partial charge in [0.1, 0.15) is 12.4 Å². The van der Waals surface area contributed by atoms with Crippen LogP contribution >= 0.6 is 11.6 Å². The maximum Gasteiger partial charge on any atom is 1.00 e. The van der Waals surface area contributed by atoms with Gasteiger partial charge in [-0.05, 0) is 60.6 Å². The molecule has 1 aliphatic carbocycles. The van der Waals surface area contributed by atoms with Crippen LogP contribution in [0.2, 0.25) is 5.02 Å². The molecule has 0 saturated heterocycles. The molecule has 7 heteroatoms. The second-order valence-corrected chi connectivity index (χ2v) is 7.71. The molecule has 0 bridgehead atoms. The first kappa shape index (κ1) is 24.2. The summed E-state index contributed by atoms with van der Waals surface area (Å²) in [5.41, 5.74) is 1.96. The van der Waals surface area contributed by atoms with Crippen molar-refractivity contribution in [1.82, 2.24) is 5.32 Å². The predicted octanol–water partition coefficient (Wildman–Crippen LogP) is -0.178. The average Bonchev–Trinajstić information content (AvgIpc) is 2.71. The number of hydrogen-bond acceptors (Lipinski definition) is 5. The van der Waals surface area contributed by atoms with Gasteiger partial charge in [0.15, 0.2) is 0 Å². The molecule has 1 aliphatic rings. The third-order valence-electron chi connectivity index (χ3n) is 5.19. The zero-order valence-corrected chi connectivity index (χ0v) is 19.4. The molecule has 0 aromatic heterocycles. The first-order valence-corrected chi connectivity index (χ1v) is 9.98. The molecule has 1 saturated carbocycles. The Hall–Kier alpha value is -1.08. The van der Waals surface area contributed by atoms with E-state index in [9.17, 15) is 15.0 Å². The summed E-state index contributed by atoms with van der Waals surface area (Å²) >= 11 is 6.00. The number of aliphatic carboxylic acids is 1. The van der Waals surface area contributed by atoms with Crippen LogP contribution < -0.4 is 44.7 Å². The van der Waals surface area contributed by atoms with Crippen LogP contribution in [-0.2, 0) is 4.79 Å². The van der Waals surface area contributed by atoms with Gasteiger partial charge in [0.2, 0.25) is 0 Å². The summed E-state index contributed by atoms with van der Waals surface area (Å²) in [6.07, 6.45) is 3.62. The van der Waals surface area contributed by atoms with Crippen molar-refractivity contribution < 1.29 is 49.3 Å². The summed E-state index contributed by atoms with van der Waals surface area (Å²) in [6, 6.07) is 15.2. The first-order chi connectivity index (χ1) is 13.5. The maximum absolute atomic E-state index is 10.6. The van der Waals surface area contributed by atoms with Gasteiger partial charge in [-0.3, -0.25) is 0 Å². The molecule has 0 aliphatic heterocycles. The summed E-state index contributed by atoms with van der Waals surface area (Å²) in [7, 11) is 0. The maximum atomic E-state index is 10.6. The number of aliphatic hydroxyl groups is 1. The molecule has 5 nitrogen and oxygen atoms in total. The summed E-state index contributed by atoms with van der Waals surface area (Å²) < 4.78 is 5.24. The van der Waals surface area contributed by atoms with Gasteiger partial charge in [-0.2, -0.15) is 0 Å². The predicted molar refractivity (Wildman–Crippen MR) is 106 cm³/mol. The summed E-state index contributed by atoms with van der Waals surface area (Å²) in [5, 5.41) is 25.1. The quantitative estimate of drug-likeness (QED) is 0.574. The van der Waals surface area contributed by atoms with Gasteiger partial charge in [0.05, 0.1) is 12.1 Å². The topological polar surface area (TPSA) is 81.6 Å². The Morgan fingerprint density at radius 1 is 1.24 bits per heavy atom. The van der Waals surface area contributed by atoms with Crippen molar-refractivity contribution in [2.75, 3.05) is 13.2 Å². The van der Waals surface area contributed by atoms with Gasteiger partial charge in [-0.15, -0.1) is 0 Å². The van der Waals surface area contributed by atoms with Crippen molar-refractivity contribution in [1.29, 1.82) is 0 Å². The molecule has 150 valence electrons. The fourth-order valence-electron chi connectivity index (χ4n) is 3.79. The number of rotatable bonds is 8. The normalized spacial score (nSPS) is 19.8.